The lowest BCUT2D eigenvalue weighted by Crippen LogP contribution is -1.95. The summed E-state index contributed by atoms with van der Waals surface area (Å²) in [6.45, 7) is 0. The summed E-state index contributed by atoms with van der Waals surface area (Å²) >= 11 is 10.2. The average Bonchev–Trinajstić information content (AvgIpc) is 2.36. The maximum atomic E-state index is 10.7. The van der Waals surface area contributed by atoms with E-state index in [9.17, 15) is 10.1 Å². The second-order valence-corrected chi connectivity index (χ2v) is 4.65. The lowest BCUT2D eigenvalue weighted by atomic mass is 10.0. The SMILES string of the molecule is O.O=[N+]([O-])c1ccc(Cc2ccccc2)c(Cl)c1S. The molecule has 0 saturated carbocycles. The number of nitro benzene ring substituents is 1. The Morgan fingerprint density at radius 1 is 1.16 bits per heavy atom. The molecule has 0 unspecified atom stereocenters. The van der Waals surface area contributed by atoms with Crippen LogP contribution in [0, 0.1) is 10.1 Å². The molecule has 19 heavy (non-hydrogen) atoms. The molecule has 100 valence electrons. The van der Waals surface area contributed by atoms with Crippen molar-refractivity contribution in [1.82, 2.24) is 0 Å². The zero-order chi connectivity index (χ0) is 13.1. The van der Waals surface area contributed by atoms with Crippen molar-refractivity contribution in [2.45, 2.75) is 11.3 Å². The van der Waals surface area contributed by atoms with Crippen LogP contribution in [0.3, 0.4) is 0 Å². The molecule has 4 nitrogen and oxygen atoms in total. The fourth-order valence-electron chi connectivity index (χ4n) is 1.70. The predicted octanol–water partition coefficient (Wildman–Crippen LogP) is 3.30. The van der Waals surface area contributed by atoms with Gasteiger partial charge in [0.05, 0.1) is 9.95 Å². The normalized spacial score (nSPS) is 9.79. The molecule has 0 radical (unpaired) electrons. The van der Waals surface area contributed by atoms with Crippen LogP contribution in [0.2, 0.25) is 5.02 Å². The molecule has 2 aromatic rings. The van der Waals surface area contributed by atoms with Gasteiger partial charge in [-0.25, -0.2) is 0 Å². The maximum Gasteiger partial charge on any atom is 0.284 e. The lowest BCUT2D eigenvalue weighted by molar-refractivity contribution is -0.387. The Hall–Kier alpha value is -1.56. The molecule has 0 bridgehead atoms. The number of halogens is 1. The fourth-order valence-corrected chi connectivity index (χ4v) is 2.22. The summed E-state index contributed by atoms with van der Waals surface area (Å²) < 4.78 is 0. The molecule has 0 spiro atoms. The van der Waals surface area contributed by atoms with Gasteiger partial charge in [-0.15, -0.1) is 12.6 Å². The number of rotatable bonds is 3. The molecule has 0 aromatic heterocycles. The van der Waals surface area contributed by atoms with Gasteiger partial charge in [-0.2, -0.15) is 0 Å². The molecule has 6 heteroatoms. The van der Waals surface area contributed by atoms with Crippen LogP contribution < -0.4 is 0 Å². The highest BCUT2D eigenvalue weighted by Crippen LogP contribution is 2.33. The Kier molecular flexibility index (Phi) is 5.35. The van der Waals surface area contributed by atoms with Gasteiger partial charge in [0.25, 0.3) is 5.69 Å². The first-order chi connectivity index (χ1) is 8.59. The summed E-state index contributed by atoms with van der Waals surface area (Å²) in [7, 11) is 0. The Bertz CT molecular complexity index is 590. The molecule has 0 aliphatic rings. The standard InChI is InChI=1S/C13H10ClNO2S.H2O/c14-12-10(8-9-4-2-1-3-5-9)6-7-11(13(12)18)15(16)17;/h1-7,18H,8H2;1H2. The number of thiol groups is 1. The number of hydrogen-bond donors (Lipinski definition) is 1. The van der Waals surface area contributed by atoms with Gasteiger partial charge in [-0.05, 0) is 17.5 Å². The van der Waals surface area contributed by atoms with E-state index in [-0.39, 0.29) is 16.1 Å². The van der Waals surface area contributed by atoms with Crippen molar-refractivity contribution in [1.29, 1.82) is 0 Å². The van der Waals surface area contributed by atoms with Crippen LogP contribution in [0.4, 0.5) is 5.69 Å². The minimum absolute atomic E-state index is 0. The van der Waals surface area contributed by atoms with Crippen molar-refractivity contribution in [2.75, 3.05) is 0 Å². The Morgan fingerprint density at radius 2 is 1.79 bits per heavy atom. The summed E-state index contributed by atoms with van der Waals surface area (Å²) in [6.07, 6.45) is 0.630. The van der Waals surface area contributed by atoms with E-state index in [1.165, 1.54) is 6.07 Å². The van der Waals surface area contributed by atoms with E-state index < -0.39 is 4.92 Å². The minimum atomic E-state index is -0.486. The fraction of sp³-hybridized carbons (Fsp3) is 0.0769. The first-order valence-corrected chi connectivity index (χ1v) is 6.10. The van der Waals surface area contributed by atoms with Gasteiger partial charge in [0, 0.05) is 6.07 Å². The smallest absolute Gasteiger partial charge is 0.284 e. The first kappa shape index (κ1) is 15.5. The van der Waals surface area contributed by atoms with E-state index in [4.69, 9.17) is 11.6 Å². The molecule has 2 N–H and O–H groups in total. The van der Waals surface area contributed by atoms with Crippen molar-refractivity contribution in [3.63, 3.8) is 0 Å². The molecule has 0 atom stereocenters. The number of nitro groups is 1. The molecular weight excluding hydrogens is 286 g/mol. The van der Waals surface area contributed by atoms with Gasteiger partial charge in [0.2, 0.25) is 0 Å². The third-order valence-electron chi connectivity index (χ3n) is 2.61. The topological polar surface area (TPSA) is 74.6 Å². The zero-order valence-electron chi connectivity index (χ0n) is 9.84. The van der Waals surface area contributed by atoms with Crippen LogP contribution in [0.15, 0.2) is 47.4 Å². The Labute approximate surface area is 120 Å². The molecule has 0 amide bonds. The van der Waals surface area contributed by atoms with Gasteiger partial charge in [0.1, 0.15) is 4.90 Å². The number of hydrogen-bond acceptors (Lipinski definition) is 3. The van der Waals surface area contributed by atoms with Gasteiger partial charge in [-0.3, -0.25) is 10.1 Å². The monoisotopic (exact) mass is 297 g/mol. The second kappa shape index (κ2) is 6.56. The summed E-state index contributed by atoms with van der Waals surface area (Å²) in [5.74, 6) is 0. The lowest BCUT2D eigenvalue weighted by Gasteiger charge is -2.07. The Balaban J connectivity index is 0.00000180. The molecule has 0 aliphatic carbocycles. The van der Waals surface area contributed by atoms with Crippen LogP contribution in [-0.2, 0) is 6.42 Å². The highest BCUT2D eigenvalue weighted by atomic mass is 35.5. The third-order valence-corrected chi connectivity index (χ3v) is 3.63. The van der Waals surface area contributed by atoms with Crippen LogP contribution in [0.5, 0.6) is 0 Å². The summed E-state index contributed by atoms with van der Waals surface area (Å²) in [4.78, 5) is 10.5. The van der Waals surface area contributed by atoms with Gasteiger partial charge >= 0.3 is 0 Å². The third kappa shape index (κ3) is 3.47. The van der Waals surface area contributed by atoms with Crippen molar-refractivity contribution in [3.05, 3.63) is 68.7 Å². The minimum Gasteiger partial charge on any atom is -0.412 e. The summed E-state index contributed by atoms with van der Waals surface area (Å²) in [5, 5.41) is 11.1. The predicted molar refractivity (Wildman–Crippen MR) is 78.2 cm³/mol. The summed E-state index contributed by atoms with van der Waals surface area (Å²) in [6, 6.07) is 12.9. The van der Waals surface area contributed by atoms with E-state index in [2.05, 4.69) is 12.6 Å². The summed E-state index contributed by atoms with van der Waals surface area (Å²) in [5.41, 5.74) is 1.86. The number of benzene rings is 2. The molecule has 0 fully saturated rings. The molecule has 2 rings (SSSR count). The zero-order valence-corrected chi connectivity index (χ0v) is 11.5. The van der Waals surface area contributed by atoms with Crippen LogP contribution >= 0.6 is 24.2 Å². The van der Waals surface area contributed by atoms with Crippen LogP contribution in [-0.4, -0.2) is 10.4 Å². The molecule has 0 saturated heterocycles. The average molecular weight is 298 g/mol. The van der Waals surface area contributed by atoms with E-state index in [0.717, 1.165) is 11.1 Å². The number of nitrogens with zero attached hydrogens (tertiary/aromatic N) is 1. The van der Waals surface area contributed by atoms with Crippen LogP contribution in [0.25, 0.3) is 0 Å². The van der Waals surface area contributed by atoms with Crippen molar-refractivity contribution >= 4 is 29.9 Å². The van der Waals surface area contributed by atoms with Crippen molar-refractivity contribution in [3.8, 4) is 0 Å². The maximum absolute atomic E-state index is 10.7. The van der Waals surface area contributed by atoms with Crippen molar-refractivity contribution < 1.29 is 10.4 Å². The van der Waals surface area contributed by atoms with Gasteiger partial charge in [0.15, 0.2) is 0 Å². The van der Waals surface area contributed by atoms with E-state index in [1.807, 2.05) is 30.3 Å². The molecular formula is C13H12ClNO3S. The molecule has 2 aromatic carbocycles. The molecule has 0 aliphatic heterocycles. The van der Waals surface area contributed by atoms with E-state index in [0.29, 0.717) is 11.4 Å². The van der Waals surface area contributed by atoms with E-state index >= 15 is 0 Å². The van der Waals surface area contributed by atoms with Crippen LogP contribution in [0.1, 0.15) is 11.1 Å². The first-order valence-electron chi connectivity index (χ1n) is 5.28. The van der Waals surface area contributed by atoms with Crippen molar-refractivity contribution in [2.24, 2.45) is 0 Å². The van der Waals surface area contributed by atoms with Gasteiger partial charge in [-0.1, -0.05) is 48.0 Å². The highest BCUT2D eigenvalue weighted by Gasteiger charge is 2.16. The van der Waals surface area contributed by atoms with Gasteiger partial charge < -0.3 is 5.48 Å². The molecule has 0 heterocycles. The Morgan fingerprint density at radius 3 is 2.37 bits per heavy atom. The largest absolute Gasteiger partial charge is 0.412 e. The quantitative estimate of drug-likeness (QED) is 0.536. The highest BCUT2D eigenvalue weighted by molar-refractivity contribution is 7.80. The second-order valence-electron chi connectivity index (χ2n) is 3.83. The van der Waals surface area contributed by atoms with E-state index in [1.54, 1.807) is 6.07 Å².